The van der Waals surface area contributed by atoms with E-state index in [0.717, 1.165) is 5.57 Å². The van der Waals surface area contributed by atoms with Gasteiger partial charge in [0.15, 0.2) is 0 Å². The number of carboxylic acid groups (broad SMARTS) is 1. The highest BCUT2D eigenvalue weighted by molar-refractivity contribution is 6.32. The van der Waals surface area contributed by atoms with Crippen LogP contribution in [0.1, 0.15) is 44.1 Å². The van der Waals surface area contributed by atoms with Crippen molar-refractivity contribution in [2.24, 2.45) is 29.1 Å². The number of rotatable bonds is 6. The number of carboxylic acids is 1. The Morgan fingerprint density at radius 1 is 1.02 bits per heavy atom. The lowest BCUT2D eigenvalue weighted by molar-refractivity contribution is -0.142. The largest absolute Gasteiger partial charge is 0.508 e. The highest BCUT2D eigenvalue weighted by atomic mass is 35.5. The zero-order valence-corrected chi connectivity index (χ0v) is 23.1. The SMILES string of the molecule is C[C@@]12C(=O)N(c3ccccc3)C(=O)[C@@H]1C[C@@H]1C(=CC[C@@H]3C(=O)N(CCCC(=O)O)C(=O)[C@@H]31)[C@@H]2c1ccc(O)cc1Cl. The van der Waals surface area contributed by atoms with Gasteiger partial charge in [-0.2, -0.15) is 0 Å². The number of nitrogens with zero attached hydrogens (tertiary/aromatic N) is 2. The average molecular weight is 577 g/mol. The van der Waals surface area contributed by atoms with Gasteiger partial charge in [-0.3, -0.25) is 28.9 Å². The number of aromatic hydroxyl groups is 1. The Bertz CT molecular complexity index is 1520. The molecule has 0 unspecified atom stereocenters. The zero-order valence-electron chi connectivity index (χ0n) is 22.3. The second kappa shape index (κ2) is 9.83. The molecule has 4 aliphatic rings. The number of aliphatic carboxylic acids is 1. The van der Waals surface area contributed by atoms with Gasteiger partial charge in [-0.15, -0.1) is 0 Å². The summed E-state index contributed by atoms with van der Waals surface area (Å²) in [6.07, 6.45) is 2.42. The first-order chi connectivity index (χ1) is 19.6. The molecule has 6 rings (SSSR count). The molecule has 4 amide bonds. The molecule has 2 heterocycles. The lowest BCUT2D eigenvalue weighted by atomic mass is 9.51. The molecule has 2 saturated heterocycles. The number of fused-ring (bicyclic) bond motifs is 4. The molecule has 6 atom stereocenters. The molecule has 10 heteroatoms. The van der Waals surface area contributed by atoms with Crippen molar-refractivity contribution in [1.29, 1.82) is 0 Å². The fourth-order valence-corrected chi connectivity index (χ4v) is 7.89. The van der Waals surface area contributed by atoms with Crippen LogP contribution in [-0.2, 0) is 24.0 Å². The van der Waals surface area contributed by atoms with Crippen LogP contribution in [0.15, 0.2) is 60.2 Å². The number of carbonyl (C=O) groups excluding carboxylic acids is 4. The third-order valence-electron chi connectivity index (χ3n) is 9.45. The Hall–Kier alpha value is -3.98. The molecule has 0 radical (unpaired) electrons. The minimum absolute atomic E-state index is 0.0204. The number of anilines is 1. The van der Waals surface area contributed by atoms with Crippen molar-refractivity contribution in [3.8, 4) is 5.75 Å². The number of phenols is 1. The number of amides is 4. The Morgan fingerprint density at radius 2 is 1.76 bits per heavy atom. The van der Waals surface area contributed by atoms with E-state index in [0.29, 0.717) is 11.3 Å². The van der Waals surface area contributed by atoms with Crippen molar-refractivity contribution in [3.05, 3.63) is 70.8 Å². The summed E-state index contributed by atoms with van der Waals surface area (Å²) in [5.74, 6) is -5.73. The van der Waals surface area contributed by atoms with Crippen molar-refractivity contribution in [2.45, 2.75) is 38.5 Å². The van der Waals surface area contributed by atoms with Gasteiger partial charge in [-0.05, 0) is 61.9 Å². The lowest BCUT2D eigenvalue weighted by Gasteiger charge is -2.49. The number of hydrogen-bond donors (Lipinski definition) is 2. The Morgan fingerprint density at radius 3 is 2.44 bits per heavy atom. The van der Waals surface area contributed by atoms with Crippen LogP contribution in [0.3, 0.4) is 0 Å². The molecule has 212 valence electrons. The van der Waals surface area contributed by atoms with E-state index in [1.807, 2.05) is 6.08 Å². The smallest absolute Gasteiger partial charge is 0.303 e. The van der Waals surface area contributed by atoms with Gasteiger partial charge in [0.2, 0.25) is 23.6 Å². The first kappa shape index (κ1) is 27.2. The van der Waals surface area contributed by atoms with E-state index < -0.39 is 41.0 Å². The topological polar surface area (TPSA) is 132 Å². The Kier molecular flexibility index (Phi) is 6.53. The van der Waals surface area contributed by atoms with Gasteiger partial charge in [0.05, 0.1) is 28.9 Å². The first-order valence-electron chi connectivity index (χ1n) is 13.7. The molecule has 0 bridgehead atoms. The van der Waals surface area contributed by atoms with E-state index in [1.165, 1.54) is 21.9 Å². The summed E-state index contributed by atoms with van der Waals surface area (Å²) in [6.45, 7) is 1.80. The van der Waals surface area contributed by atoms with E-state index in [-0.39, 0.29) is 66.6 Å². The third-order valence-corrected chi connectivity index (χ3v) is 9.78. The van der Waals surface area contributed by atoms with Gasteiger partial charge in [-0.1, -0.05) is 47.5 Å². The fraction of sp³-hybridized carbons (Fsp3) is 0.387. The summed E-state index contributed by atoms with van der Waals surface area (Å²) in [7, 11) is 0. The number of phenolic OH excluding ortho intramolecular Hbond substituents is 1. The zero-order chi connectivity index (χ0) is 29.2. The number of hydrogen-bond acceptors (Lipinski definition) is 6. The van der Waals surface area contributed by atoms with Crippen LogP contribution in [0, 0.1) is 29.1 Å². The number of allylic oxidation sites excluding steroid dienone is 2. The summed E-state index contributed by atoms with van der Waals surface area (Å²) < 4.78 is 0. The summed E-state index contributed by atoms with van der Waals surface area (Å²) in [4.78, 5) is 68.8. The molecular weight excluding hydrogens is 548 g/mol. The van der Waals surface area contributed by atoms with E-state index >= 15 is 0 Å². The maximum atomic E-state index is 14.3. The number of halogens is 1. The molecule has 1 saturated carbocycles. The molecule has 41 heavy (non-hydrogen) atoms. The maximum absolute atomic E-state index is 14.3. The highest BCUT2D eigenvalue weighted by Gasteiger charge is 2.67. The monoisotopic (exact) mass is 576 g/mol. The molecule has 3 fully saturated rings. The predicted octanol–water partition coefficient (Wildman–Crippen LogP) is 4.14. The van der Waals surface area contributed by atoms with Gasteiger partial charge < -0.3 is 10.2 Å². The van der Waals surface area contributed by atoms with Gasteiger partial charge >= 0.3 is 5.97 Å². The van der Waals surface area contributed by atoms with Crippen molar-refractivity contribution in [1.82, 2.24) is 4.90 Å². The first-order valence-corrected chi connectivity index (χ1v) is 14.1. The number of carbonyl (C=O) groups is 5. The van der Waals surface area contributed by atoms with Crippen molar-refractivity contribution in [3.63, 3.8) is 0 Å². The van der Waals surface area contributed by atoms with Crippen LogP contribution in [0.25, 0.3) is 0 Å². The number of likely N-dealkylation sites (tertiary alicyclic amines) is 1. The predicted molar refractivity (Wildman–Crippen MR) is 148 cm³/mol. The Labute approximate surface area is 241 Å². The quantitative estimate of drug-likeness (QED) is 0.390. The normalized spacial score (nSPS) is 30.7. The maximum Gasteiger partial charge on any atom is 0.303 e. The molecule has 2 aromatic rings. The Balaban J connectivity index is 1.46. The second-order valence-corrected chi connectivity index (χ2v) is 11.9. The van der Waals surface area contributed by atoms with Crippen LogP contribution in [0.4, 0.5) is 5.69 Å². The van der Waals surface area contributed by atoms with Crippen LogP contribution in [0.5, 0.6) is 5.75 Å². The fourth-order valence-electron chi connectivity index (χ4n) is 7.61. The number of imide groups is 2. The second-order valence-electron chi connectivity index (χ2n) is 11.5. The molecule has 2 aliphatic heterocycles. The molecule has 0 spiro atoms. The standard InChI is InChI=1S/C31H29ClN2O7/c1-31-22(28(39)34(30(31)41)16-6-3-2-4-7-16)15-21-18(26(31)19-10-9-17(35)14-23(19)32)11-12-20-25(21)29(40)33(27(20)38)13-5-8-24(36)37/h2-4,6-7,9-11,14,20-22,25-26,35H,5,8,12-13,15H2,1H3,(H,36,37)/t20-,21+,22-,25-,26+,31+/m0/s1. The number of benzene rings is 2. The van der Waals surface area contributed by atoms with Crippen LogP contribution < -0.4 is 4.90 Å². The molecule has 0 aromatic heterocycles. The summed E-state index contributed by atoms with van der Waals surface area (Å²) in [5.41, 5.74) is 0.593. The van der Waals surface area contributed by atoms with Crippen LogP contribution in [0.2, 0.25) is 5.02 Å². The molecular formula is C31H29ClN2O7. The van der Waals surface area contributed by atoms with Crippen LogP contribution >= 0.6 is 11.6 Å². The van der Waals surface area contributed by atoms with Gasteiger partial charge in [0, 0.05) is 23.9 Å². The van der Waals surface area contributed by atoms with Gasteiger partial charge in [0.1, 0.15) is 5.75 Å². The van der Waals surface area contributed by atoms with Gasteiger partial charge in [0.25, 0.3) is 0 Å². The van der Waals surface area contributed by atoms with E-state index in [9.17, 15) is 29.1 Å². The lowest BCUT2D eigenvalue weighted by Crippen LogP contribution is -2.49. The minimum atomic E-state index is -1.23. The van der Waals surface area contributed by atoms with E-state index in [1.54, 1.807) is 43.3 Å². The summed E-state index contributed by atoms with van der Waals surface area (Å²) in [5, 5.41) is 19.3. The molecule has 2 aliphatic carbocycles. The van der Waals surface area contributed by atoms with E-state index in [2.05, 4.69) is 0 Å². The molecule has 2 aromatic carbocycles. The summed E-state index contributed by atoms with van der Waals surface area (Å²) >= 11 is 6.68. The highest BCUT2D eigenvalue weighted by Crippen LogP contribution is 2.64. The van der Waals surface area contributed by atoms with Crippen LogP contribution in [-0.4, -0.2) is 51.3 Å². The van der Waals surface area contributed by atoms with Crippen molar-refractivity contribution in [2.75, 3.05) is 11.4 Å². The van der Waals surface area contributed by atoms with E-state index in [4.69, 9.17) is 16.7 Å². The van der Waals surface area contributed by atoms with Crippen molar-refractivity contribution < 1.29 is 34.2 Å². The third kappa shape index (κ3) is 4.01. The minimum Gasteiger partial charge on any atom is -0.508 e. The number of para-hydroxylation sites is 1. The van der Waals surface area contributed by atoms with Crippen molar-refractivity contribution >= 4 is 46.9 Å². The molecule has 2 N–H and O–H groups in total. The summed E-state index contributed by atoms with van der Waals surface area (Å²) in [6, 6.07) is 13.3. The molecule has 9 nitrogen and oxygen atoms in total. The average Bonchev–Trinajstić information content (AvgIpc) is 3.29. The van der Waals surface area contributed by atoms with Gasteiger partial charge in [-0.25, -0.2) is 4.90 Å².